The third-order valence-corrected chi connectivity index (χ3v) is 1.69. The summed E-state index contributed by atoms with van der Waals surface area (Å²) in [6, 6.07) is 0. The van der Waals surface area contributed by atoms with Gasteiger partial charge in [-0.15, -0.1) is 0 Å². The van der Waals surface area contributed by atoms with Gasteiger partial charge in [-0.1, -0.05) is 0 Å². The highest BCUT2D eigenvalue weighted by atomic mass is 32.1. The maximum atomic E-state index is 10.6. The molecule has 0 saturated heterocycles. The van der Waals surface area contributed by atoms with Crippen LogP contribution in [0.1, 0.15) is 19.3 Å². The topological polar surface area (TPSA) is 34.1 Å². The molecule has 1 saturated carbocycles. The summed E-state index contributed by atoms with van der Waals surface area (Å²) in [5.41, 5.74) is 0. The lowest BCUT2D eigenvalue weighted by Crippen LogP contribution is -2.22. The smallest absolute Gasteiger partial charge is 0.141 e. The van der Waals surface area contributed by atoms with Crippen LogP contribution >= 0.6 is 12.6 Å². The van der Waals surface area contributed by atoms with Crippen molar-refractivity contribution in [3.05, 3.63) is 0 Å². The van der Waals surface area contributed by atoms with E-state index in [9.17, 15) is 9.59 Å². The lowest BCUT2D eigenvalue weighted by atomic mass is 9.98. The summed E-state index contributed by atoms with van der Waals surface area (Å²) in [5, 5.41) is -0.0150. The Hall–Kier alpha value is -0.310. The molecule has 0 aromatic heterocycles. The molecule has 50 valence electrons. The summed E-state index contributed by atoms with van der Waals surface area (Å²) in [5.74, 6) is 0.0671. The van der Waals surface area contributed by atoms with E-state index in [4.69, 9.17) is 0 Å². The molecule has 1 aliphatic rings. The van der Waals surface area contributed by atoms with E-state index >= 15 is 0 Å². The van der Waals surface area contributed by atoms with Crippen LogP contribution in [-0.4, -0.2) is 16.8 Å². The largest absolute Gasteiger partial charge is 0.299 e. The fourth-order valence-corrected chi connectivity index (χ4v) is 1.37. The van der Waals surface area contributed by atoms with Crippen LogP contribution in [-0.2, 0) is 9.59 Å². The van der Waals surface area contributed by atoms with Gasteiger partial charge < -0.3 is 0 Å². The van der Waals surface area contributed by atoms with Crippen LogP contribution in [0.25, 0.3) is 0 Å². The highest BCUT2D eigenvalue weighted by Crippen LogP contribution is 2.16. The highest BCUT2D eigenvalue weighted by molar-refractivity contribution is 7.81. The van der Waals surface area contributed by atoms with Gasteiger partial charge in [0.15, 0.2) is 0 Å². The molecule has 0 aliphatic heterocycles. The van der Waals surface area contributed by atoms with Crippen molar-refractivity contribution < 1.29 is 9.59 Å². The van der Waals surface area contributed by atoms with Crippen LogP contribution in [0.15, 0.2) is 0 Å². The van der Waals surface area contributed by atoms with Crippen molar-refractivity contribution in [2.45, 2.75) is 24.5 Å². The summed E-state index contributed by atoms with van der Waals surface area (Å²) < 4.78 is 0. The number of thiol groups is 1. The quantitative estimate of drug-likeness (QED) is 0.399. The Kier molecular flexibility index (Phi) is 1.90. The van der Waals surface area contributed by atoms with E-state index in [2.05, 4.69) is 12.6 Å². The second-order valence-corrected chi connectivity index (χ2v) is 3.05. The molecule has 2 nitrogen and oxygen atoms in total. The van der Waals surface area contributed by atoms with Crippen molar-refractivity contribution in [1.29, 1.82) is 0 Å². The predicted octanol–water partition coefficient (Wildman–Crippen LogP) is 0.607. The van der Waals surface area contributed by atoms with Gasteiger partial charge in [-0.3, -0.25) is 9.59 Å². The molecule has 0 aromatic carbocycles. The third-order valence-electron chi connectivity index (χ3n) is 1.32. The van der Waals surface area contributed by atoms with E-state index in [0.29, 0.717) is 12.8 Å². The van der Waals surface area contributed by atoms with Crippen molar-refractivity contribution in [3.63, 3.8) is 0 Å². The lowest BCUT2D eigenvalue weighted by molar-refractivity contribution is -0.129. The Bertz CT molecular complexity index is 137. The van der Waals surface area contributed by atoms with Crippen LogP contribution in [0.5, 0.6) is 0 Å². The first-order chi connectivity index (χ1) is 4.18. The van der Waals surface area contributed by atoms with Gasteiger partial charge in [0.05, 0.1) is 6.42 Å². The number of carbonyl (C=O) groups excluding carboxylic acids is 2. The first-order valence-corrected chi connectivity index (χ1v) is 3.41. The van der Waals surface area contributed by atoms with Gasteiger partial charge in [-0.05, 0) is 0 Å². The molecular weight excluding hydrogens is 136 g/mol. The summed E-state index contributed by atoms with van der Waals surface area (Å²) in [7, 11) is 0. The molecule has 0 N–H and O–H groups in total. The first-order valence-electron chi connectivity index (χ1n) is 2.90. The van der Waals surface area contributed by atoms with E-state index < -0.39 is 0 Å². The van der Waals surface area contributed by atoms with Gasteiger partial charge >= 0.3 is 0 Å². The minimum absolute atomic E-state index is 0.0150. The van der Waals surface area contributed by atoms with Crippen LogP contribution in [0.3, 0.4) is 0 Å². The van der Waals surface area contributed by atoms with E-state index in [1.54, 1.807) is 0 Å². The molecule has 0 heterocycles. The molecule has 0 atom stereocenters. The fourth-order valence-electron chi connectivity index (χ4n) is 0.962. The van der Waals surface area contributed by atoms with Crippen molar-refractivity contribution in [2.24, 2.45) is 0 Å². The van der Waals surface area contributed by atoms with E-state index in [1.165, 1.54) is 0 Å². The predicted molar refractivity (Wildman–Crippen MR) is 36.6 cm³/mol. The van der Waals surface area contributed by atoms with Crippen molar-refractivity contribution >= 4 is 24.2 Å². The Morgan fingerprint density at radius 1 is 1.22 bits per heavy atom. The monoisotopic (exact) mass is 144 g/mol. The highest BCUT2D eigenvalue weighted by Gasteiger charge is 2.22. The molecule has 0 unspecified atom stereocenters. The molecule has 9 heavy (non-hydrogen) atoms. The molecule has 0 amide bonds. The SMILES string of the molecule is O=C1CC(=O)CC(S)C1. The second kappa shape index (κ2) is 2.52. The van der Waals surface area contributed by atoms with Gasteiger partial charge in [-0.2, -0.15) is 12.6 Å². The number of carbonyl (C=O) groups is 2. The van der Waals surface area contributed by atoms with Crippen LogP contribution in [0, 0.1) is 0 Å². The zero-order chi connectivity index (χ0) is 6.85. The first kappa shape index (κ1) is 6.81. The molecule has 0 bridgehead atoms. The molecule has 3 heteroatoms. The summed E-state index contributed by atoms with van der Waals surface area (Å²) in [4.78, 5) is 21.2. The summed E-state index contributed by atoms with van der Waals surface area (Å²) >= 11 is 4.04. The number of Topliss-reactive ketones (excluding diaryl/α,β-unsaturated/α-hetero) is 2. The minimum atomic E-state index is -0.0150. The van der Waals surface area contributed by atoms with Gasteiger partial charge in [0.2, 0.25) is 0 Å². The minimum Gasteiger partial charge on any atom is -0.299 e. The van der Waals surface area contributed by atoms with E-state index in [-0.39, 0.29) is 23.2 Å². The second-order valence-electron chi connectivity index (χ2n) is 2.32. The molecule has 0 radical (unpaired) electrons. The number of rotatable bonds is 0. The Morgan fingerprint density at radius 3 is 2.00 bits per heavy atom. The Morgan fingerprint density at radius 2 is 1.67 bits per heavy atom. The van der Waals surface area contributed by atoms with Gasteiger partial charge in [0, 0.05) is 18.1 Å². The standard InChI is InChI=1S/C6H8O2S/c7-4-1-5(8)3-6(9)2-4/h6,9H,1-3H2. The average Bonchev–Trinajstić information content (AvgIpc) is 1.59. The number of hydrogen-bond donors (Lipinski definition) is 1. The van der Waals surface area contributed by atoms with Crippen LogP contribution in [0.2, 0.25) is 0 Å². The number of hydrogen-bond acceptors (Lipinski definition) is 3. The maximum Gasteiger partial charge on any atom is 0.141 e. The zero-order valence-electron chi connectivity index (χ0n) is 4.96. The zero-order valence-corrected chi connectivity index (χ0v) is 5.86. The number of ketones is 2. The van der Waals surface area contributed by atoms with Gasteiger partial charge in [-0.25, -0.2) is 0 Å². The fraction of sp³-hybridized carbons (Fsp3) is 0.667. The van der Waals surface area contributed by atoms with Crippen molar-refractivity contribution in [1.82, 2.24) is 0 Å². The molecule has 1 fully saturated rings. The molecule has 0 aromatic rings. The molecule has 0 spiro atoms. The lowest BCUT2D eigenvalue weighted by Gasteiger charge is -2.13. The normalized spacial score (nSPS) is 22.8. The van der Waals surface area contributed by atoms with Crippen molar-refractivity contribution in [3.8, 4) is 0 Å². The maximum absolute atomic E-state index is 10.6. The Balaban J connectivity index is 2.53. The van der Waals surface area contributed by atoms with Gasteiger partial charge in [0.25, 0.3) is 0 Å². The van der Waals surface area contributed by atoms with E-state index in [1.807, 2.05) is 0 Å². The molecular formula is C6H8O2S. The average molecular weight is 144 g/mol. The van der Waals surface area contributed by atoms with Crippen LogP contribution in [0.4, 0.5) is 0 Å². The van der Waals surface area contributed by atoms with E-state index in [0.717, 1.165) is 0 Å². The summed E-state index contributed by atoms with van der Waals surface area (Å²) in [6.07, 6.45) is 1.07. The van der Waals surface area contributed by atoms with Crippen LogP contribution < -0.4 is 0 Å². The summed E-state index contributed by atoms with van der Waals surface area (Å²) in [6.45, 7) is 0. The third kappa shape index (κ3) is 1.82. The Labute approximate surface area is 59.0 Å². The molecule has 1 aliphatic carbocycles. The van der Waals surface area contributed by atoms with Crippen molar-refractivity contribution in [2.75, 3.05) is 0 Å². The molecule has 1 rings (SSSR count). The van der Waals surface area contributed by atoms with Gasteiger partial charge in [0.1, 0.15) is 11.6 Å².